The van der Waals surface area contributed by atoms with E-state index in [1.54, 1.807) is 0 Å². The third kappa shape index (κ3) is 1.50. The Morgan fingerprint density at radius 2 is 1.93 bits per heavy atom. The second-order valence-electron chi connectivity index (χ2n) is 6.04. The Balaban J connectivity index is 2.10. The lowest BCUT2D eigenvalue weighted by atomic mass is 10.0. The Hall–Kier alpha value is -0.500. The van der Waals surface area contributed by atoms with Crippen LogP contribution >= 0.6 is 0 Å². The van der Waals surface area contributed by atoms with Gasteiger partial charge in [-0.3, -0.25) is 0 Å². The van der Waals surface area contributed by atoms with Gasteiger partial charge in [0, 0.05) is 0 Å². The predicted octanol–water partition coefficient (Wildman–Crippen LogP) is 2.69. The van der Waals surface area contributed by atoms with Crippen LogP contribution in [0.2, 0.25) is 0 Å². The first-order valence-corrected chi connectivity index (χ1v) is 5.97. The van der Waals surface area contributed by atoms with Crippen molar-refractivity contribution in [2.24, 2.45) is 22.5 Å². The first kappa shape index (κ1) is 11.0. The molecule has 2 rings (SSSR count). The molecule has 2 heteroatoms. The van der Waals surface area contributed by atoms with E-state index in [9.17, 15) is 0 Å². The van der Waals surface area contributed by atoms with Crippen molar-refractivity contribution in [1.29, 1.82) is 0 Å². The van der Waals surface area contributed by atoms with Crippen LogP contribution in [0.4, 0.5) is 0 Å². The molecule has 0 bridgehead atoms. The zero-order valence-electron chi connectivity index (χ0n) is 10.3. The zero-order valence-corrected chi connectivity index (χ0v) is 10.3. The highest BCUT2D eigenvalue weighted by Gasteiger charge is 2.67. The van der Waals surface area contributed by atoms with E-state index in [4.69, 9.17) is 10.5 Å². The molecule has 86 valence electrons. The van der Waals surface area contributed by atoms with Gasteiger partial charge in [0.25, 0.3) is 0 Å². The summed E-state index contributed by atoms with van der Waals surface area (Å²) in [7, 11) is 0. The van der Waals surface area contributed by atoms with Crippen LogP contribution in [0.15, 0.2) is 11.8 Å². The van der Waals surface area contributed by atoms with Gasteiger partial charge in [0.1, 0.15) is 5.76 Å². The van der Waals surface area contributed by atoms with Crippen molar-refractivity contribution in [3.8, 4) is 0 Å². The summed E-state index contributed by atoms with van der Waals surface area (Å²) < 4.78 is 5.66. The fraction of sp³-hybridized carbons (Fsp3) is 0.846. The van der Waals surface area contributed by atoms with E-state index in [0.29, 0.717) is 16.7 Å². The lowest BCUT2D eigenvalue weighted by molar-refractivity contribution is 0.166. The summed E-state index contributed by atoms with van der Waals surface area (Å²) in [5.41, 5.74) is 6.99. The van der Waals surface area contributed by atoms with E-state index in [2.05, 4.69) is 33.8 Å². The number of ether oxygens (including phenoxy) is 1. The molecule has 0 amide bonds. The molecule has 0 radical (unpaired) electrons. The first-order valence-electron chi connectivity index (χ1n) is 5.97. The number of hydrogen-bond acceptors (Lipinski definition) is 2. The summed E-state index contributed by atoms with van der Waals surface area (Å²) in [6.07, 6.45) is 4.43. The molecule has 1 aliphatic heterocycles. The van der Waals surface area contributed by atoms with Crippen LogP contribution in [0.25, 0.3) is 0 Å². The van der Waals surface area contributed by atoms with E-state index in [0.717, 1.165) is 25.2 Å². The lowest BCUT2D eigenvalue weighted by Crippen LogP contribution is -2.30. The number of nitrogens with two attached hydrogens (primary N) is 1. The maximum absolute atomic E-state index is 6.31. The minimum atomic E-state index is 0.0929. The predicted molar refractivity (Wildman–Crippen MR) is 62.3 cm³/mol. The molecule has 1 heterocycles. The molecule has 1 atom stereocenters. The van der Waals surface area contributed by atoms with Gasteiger partial charge in [-0.05, 0) is 35.7 Å². The fourth-order valence-corrected chi connectivity index (χ4v) is 3.12. The fourth-order valence-electron chi connectivity index (χ4n) is 3.12. The Morgan fingerprint density at radius 3 is 2.33 bits per heavy atom. The summed E-state index contributed by atoms with van der Waals surface area (Å²) in [4.78, 5) is 0. The smallest absolute Gasteiger partial charge is 0.109 e. The summed E-state index contributed by atoms with van der Waals surface area (Å²) >= 11 is 0. The van der Waals surface area contributed by atoms with Gasteiger partial charge < -0.3 is 10.5 Å². The van der Waals surface area contributed by atoms with Crippen LogP contribution in [0.1, 0.15) is 40.5 Å². The molecule has 0 spiro atoms. The van der Waals surface area contributed by atoms with E-state index in [1.165, 1.54) is 0 Å². The minimum absolute atomic E-state index is 0.0929. The summed E-state index contributed by atoms with van der Waals surface area (Å²) in [5.74, 6) is 1.58. The Morgan fingerprint density at radius 1 is 1.33 bits per heavy atom. The maximum Gasteiger partial charge on any atom is 0.109 e. The van der Waals surface area contributed by atoms with Gasteiger partial charge >= 0.3 is 0 Å². The van der Waals surface area contributed by atoms with Crippen molar-refractivity contribution in [2.45, 2.75) is 46.6 Å². The topological polar surface area (TPSA) is 35.2 Å². The number of allylic oxidation sites excluding steroid dienone is 1. The third-order valence-electron chi connectivity index (χ3n) is 4.78. The second-order valence-corrected chi connectivity index (χ2v) is 6.04. The Labute approximate surface area is 92.9 Å². The van der Waals surface area contributed by atoms with Gasteiger partial charge in [-0.25, -0.2) is 0 Å². The molecule has 1 saturated carbocycles. The molecule has 2 nitrogen and oxygen atoms in total. The van der Waals surface area contributed by atoms with E-state index in [1.807, 2.05) is 0 Å². The van der Waals surface area contributed by atoms with Crippen molar-refractivity contribution in [3.63, 3.8) is 0 Å². The van der Waals surface area contributed by atoms with Gasteiger partial charge in [-0.1, -0.05) is 27.7 Å². The second kappa shape index (κ2) is 3.24. The highest BCUT2D eigenvalue weighted by molar-refractivity contribution is 5.22. The molecule has 2 aliphatic rings. The molecule has 0 aromatic carbocycles. The highest BCUT2D eigenvalue weighted by Crippen LogP contribution is 2.70. The van der Waals surface area contributed by atoms with Crippen molar-refractivity contribution < 1.29 is 4.74 Å². The highest BCUT2D eigenvalue weighted by atomic mass is 16.5. The van der Waals surface area contributed by atoms with Crippen molar-refractivity contribution in [3.05, 3.63) is 11.8 Å². The first-order chi connectivity index (χ1) is 6.89. The third-order valence-corrected chi connectivity index (χ3v) is 4.78. The largest absolute Gasteiger partial charge is 0.497 e. The Kier molecular flexibility index (Phi) is 2.38. The molecule has 1 aliphatic carbocycles. The van der Waals surface area contributed by atoms with Crippen LogP contribution in [-0.4, -0.2) is 12.6 Å². The summed E-state index contributed by atoms with van der Waals surface area (Å²) in [5, 5.41) is 0. The van der Waals surface area contributed by atoms with E-state index < -0.39 is 0 Å². The van der Waals surface area contributed by atoms with Gasteiger partial charge in [0.05, 0.1) is 12.6 Å². The number of hydrogen-bond donors (Lipinski definition) is 1. The molecule has 15 heavy (non-hydrogen) atoms. The van der Waals surface area contributed by atoms with Gasteiger partial charge in [-0.15, -0.1) is 0 Å². The lowest BCUT2D eigenvalue weighted by Gasteiger charge is -2.22. The van der Waals surface area contributed by atoms with Gasteiger partial charge in [0.15, 0.2) is 0 Å². The SMILES string of the molecule is CC1(C)C(C(N)C2=CCCCO2)C1(C)C. The molecule has 0 aromatic rings. The number of rotatable bonds is 2. The van der Waals surface area contributed by atoms with Crippen molar-refractivity contribution in [2.75, 3.05) is 6.61 Å². The average Bonchev–Trinajstić information content (AvgIpc) is 2.58. The molecule has 0 saturated heterocycles. The van der Waals surface area contributed by atoms with Gasteiger partial charge in [-0.2, -0.15) is 0 Å². The molecular formula is C13H23NO. The maximum atomic E-state index is 6.31. The summed E-state index contributed by atoms with van der Waals surface area (Å²) in [6, 6.07) is 0.0929. The van der Waals surface area contributed by atoms with Crippen LogP contribution < -0.4 is 5.73 Å². The van der Waals surface area contributed by atoms with Gasteiger partial charge in [0.2, 0.25) is 0 Å². The molecule has 1 fully saturated rings. The van der Waals surface area contributed by atoms with Crippen LogP contribution in [0.5, 0.6) is 0 Å². The molecular weight excluding hydrogens is 186 g/mol. The quantitative estimate of drug-likeness (QED) is 0.759. The van der Waals surface area contributed by atoms with Crippen molar-refractivity contribution in [1.82, 2.24) is 0 Å². The van der Waals surface area contributed by atoms with Crippen LogP contribution in [0.3, 0.4) is 0 Å². The molecule has 2 N–H and O–H groups in total. The Bertz CT molecular complexity index is 277. The molecule has 1 unspecified atom stereocenters. The average molecular weight is 209 g/mol. The zero-order chi connectivity index (χ0) is 11.3. The standard InChI is InChI=1S/C13H23NO/c1-12(2)11(13(12,3)4)10(14)9-7-5-6-8-15-9/h7,10-11H,5-6,8,14H2,1-4H3. The normalized spacial score (nSPS) is 30.3. The van der Waals surface area contributed by atoms with E-state index in [-0.39, 0.29) is 6.04 Å². The van der Waals surface area contributed by atoms with Crippen molar-refractivity contribution >= 4 is 0 Å². The summed E-state index contributed by atoms with van der Waals surface area (Å²) in [6.45, 7) is 10.1. The molecule has 0 aromatic heterocycles. The minimum Gasteiger partial charge on any atom is -0.497 e. The van der Waals surface area contributed by atoms with Crippen LogP contribution in [0, 0.1) is 16.7 Å². The van der Waals surface area contributed by atoms with Crippen LogP contribution in [-0.2, 0) is 4.74 Å². The van der Waals surface area contributed by atoms with E-state index >= 15 is 0 Å². The monoisotopic (exact) mass is 209 g/mol.